The Morgan fingerprint density at radius 1 is 0.385 bits per heavy atom. The fraction of sp³-hybridized carbons (Fsp3) is 0.676. The standard InChI is InChI=1S/C68H100F2N2O4S2/c1-7-11-15-19-23-27-31-35-39-51(40-36-32-28-24-20-16-12-8-2)47-71-66(74)55-45-53(58-46-57(70)64(78-58)63-56(69)44-50(6)77-63)62-61-54(43-49(5)59(60(55)61)67(71)75)65(73)72(68(62)76)48-52(41-37-33-29-25-21-17-13-9-3)42-38-34-30-26-22-18-14-10-4/h43-46,51-52H,7-42,47-48H2,1-6H3. The predicted molar refractivity (Wildman–Crippen MR) is 327 cm³/mol. The van der Waals surface area contributed by atoms with Crippen LogP contribution in [0.3, 0.4) is 0 Å². The molecule has 6 nitrogen and oxygen atoms in total. The second kappa shape index (κ2) is 33.9. The molecule has 4 heterocycles. The quantitative estimate of drug-likeness (QED) is 0.0327. The van der Waals surface area contributed by atoms with Crippen molar-refractivity contribution >= 4 is 57.1 Å². The first-order valence-corrected chi connectivity index (χ1v) is 33.5. The topological polar surface area (TPSA) is 74.8 Å². The van der Waals surface area contributed by atoms with Crippen molar-refractivity contribution in [1.29, 1.82) is 0 Å². The van der Waals surface area contributed by atoms with E-state index in [1.165, 1.54) is 187 Å². The van der Waals surface area contributed by atoms with E-state index in [0.717, 1.165) is 88.4 Å². The average Bonchev–Trinajstić information content (AvgIpc) is 4.05. The van der Waals surface area contributed by atoms with Crippen LogP contribution in [0.15, 0.2) is 24.3 Å². The van der Waals surface area contributed by atoms with Crippen LogP contribution in [0, 0.1) is 37.3 Å². The molecule has 2 aromatic carbocycles. The number of carbonyl (C=O) groups excluding carboxylic acids is 4. The van der Waals surface area contributed by atoms with Gasteiger partial charge in [0.1, 0.15) is 11.6 Å². The zero-order valence-corrected chi connectivity index (χ0v) is 51.1. The number of halogens is 2. The Labute approximate surface area is 478 Å². The number of nitrogens with zero attached hydrogens (tertiary/aromatic N) is 2. The molecular formula is C68H100F2N2O4S2. The summed E-state index contributed by atoms with van der Waals surface area (Å²) in [6.07, 6.45) is 42.2. The highest BCUT2D eigenvalue weighted by atomic mass is 32.1. The molecule has 0 saturated carbocycles. The number of hydrogen-bond donors (Lipinski definition) is 0. The summed E-state index contributed by atoms with van der Waals surface area (Å²) in [5.74, 6) is -2.59. The third-order valence-corrected chi connectivity index (χ3v) is 19.5. The lowest BCUT2D eigenvalue weighted by Gasteiger charge is -2.36. The number of unbranched alkanes of at least 4 members (excludes halogenated alkanes) is 28. The molecule has 6 rings (SSSR count). The Bertz CT molecular complexity index is 2490. The molecule has 0 spiro atoms. The van der Waals surface area contributed by atoms with Gasteiger partial charge in [0.25, 0.3) is 23.6 Å². The zero-order chi connectivity index (χ0) is 55.8. The van der Waals surface area contributed by atoms with Crippen LogP contribution >= 0.6 is 22.7 Å². The van der Waals surface area contributed by atoms with Crippen molar-refractivity contribution in [3.05, 3.63) is 68.6 Å². The first-order valence-electron chi connectivity index (χ1n) is 31.9. The van der Waals surface area contributed by atoms with Gasteiger partial charge in [-0.15, -0.1) is 22.7 Å². The Kier molecular flexibility index (Phi) is 27.5. The molecule has 10 heteroatoms. The highest BCUT2D eigenvalue weighted by Gasteiger charge is 2.43. The van der Waals surface area contributed by atoms with Gasteiger partial charge in [0.2, 0.25) is 0 Å². The monoisotopic (exact) mass is 1110 g/mol. The summed E-state index contributed by atoms with van der Waals surface area (Å²) in [6, 6.07) is 6.24. The van der Waals surface area contributed by atoms with Gasteiger partial charge in [0.05, 0.1) is 20.9 Å². The average molecular weight is 1110 g/mol. The Balaban J connectivity index is 1.34. The van der Waals surface area contributed by atoms with E-state index in [1.54, 1.807) is 19.1 Å². The van der Waals surface area contributed by atoms with Gasteiger partial charge in [-0.2, -0.15) is 0 Å². The van der Waals surface area contributed by atoms with Crippen LogP contribution in [-0.2, 0) is 0 Å². The minimum atomic E-state index is -0.610. The lowest BCUT2D eigenvalue weighted by molar-refractivity contribution is 0.0556. The first kappa shape index (κ1) is 63.4. The minimum Gasteiger partial charge on any atom is -0.274 e. The molecule has 78 heavy (non-hydrogen) atoms. The number of benzene rings is 2. The number of hydrogen-bond acceptors (Lipinski definition) is 6. The van der Waals surface area contributed by atoms with E-state index in [4.69, 9.17) is 0 Å². The molecule has 4 aromatic rings. The van der Waals surface area contributed by atoms with E-state index in [2.05, 4.69) is 27.7 Å². The van der Waals surface area contributed by atoms with Gasteiger partial charge >= 0.3 is 0 Å². The van der Waals surface area contributed by atoms with Crippen LogP contribution in [0.5, 0.6) is 0 Å². The van der Waals surface area contributed by atoms with Crippen LogP contribution in [0.25, 0.3) is 31.0 Å². The van der Waals surface area contributed by atoms with E-state index in [1.807, 2.05) is 6.92 Å². The number of amides is 4. The van der Waals surface area contributed by atoms with E-state index in [-0.39, 0.29) is 45.2 Å². The van der Waals surface area contributed by atoms with Gasteiger partial charge in [-0.05, 0) is 81.2 Å². The zero-order valence-electron chi connectivity index (χ0n) is 49.4. The molecule has 2 aliphatic heterocycles. The smallest absolute Gasteiger partial charge is 0.262 e. The molecule has 0 atom stereocenters. The normalized spacial score (nSPS) is 13.6. The summed E-state index contributed by atoms with van der Waals surface area (Å²) in [5, 5.41) is 0.659. The van der Waals surface area contributed by atoms with Gasteiger partial charge in [0.15, 0.2) is 0 Å². The van der Waals surface area contributed by atoms with Crippen molar-refractivity contribution in [2.24, 2.45) is 11.8 Å². The Hall–Kier alpha value is -3.76. The molecule has 0 radical (unpaired) electrons. The first-order chi connectivity index (χ1) is 37.9. The summed E-state index contributed by atoms with van der Waals surface area (Å²) in [6.45, 7) is 13.2. The third kappa shape index (κ3) is 17.6. The van der Waals surface area contributed by atoms with Crippen LogP contribution in [-0.4, -0.2) is 46.5 Å². The van der Waals surface area contributed by atoms with Crippen molar-refractivity contribution in [1.82, 2.24) is 9.80 Å². The molecule has 432 valence electrons. The minimum absolute atomic E-state index is 0.106. The van der Waals surface area contributed by atoms with Crippen LogP contribution < -0.4 is 0 Å². The molecule has 0 saturated heterocycles. The van der Waals surface area contributed by atoms with Crippen LogP contribution in [0.1, 0.15) is 311 Å². The van der Waals surface area contributed by atoms with E-state index in [0.29, 0.717) is 49.3 Å². The molecule has 2 aromatic heterocycles. The second-order valence-electron chi connectivity index (χ2n) is 23.8. The van der Waals surface area contributed by atoms with Gasteiger partial charge < -0.3 is 0 Å². The van der Waals surface area contributed by atoms with Crippen molar-refractivity contribution < 1.29 is 28.0 Å². The molecule has 0 unspecified atom stereocenters. The van der Waals surface area contributed by atoms with E-state index < -0.39 is 29.4 Å². The molecule has 4 amide bonds. The third-order valence-electron chi connectivity index (χ3n) is 17.2. The van der Waals surface area contributed by atoms with Gasteiger partial charge in [0, 0.05) is 50.3 Å². The van der Waals surface area contributed by atoms with Crippen LogP contribution in [0.4, 0.5) is 8.78 Å². The lowest BCUT2D eigenvalue weighted by Crippen LogP contribution is -2.46. The fourth-order valence-electron chi connectivity index (χ4n) is 12.6. The molecule has 0 bridgehead atoms. The van der Waals surface area contributed by atoms with Gasteiger partial charge in [-0.25, -0.2) is 8.78 Å². The second-order valence-corrected chi connectivity index (χ2v) is 26.1. The Morgan fingerprint density at radius 2 is 0.718 bits per heavy atom. The maximum Gasteiger partial charge on any atom is 0.262 e. The summed E-state index contributed by atoms with van der Waals surface area (Å²) >= 11 is 2.24. The molecule has 2 aliphatic rings. The van der Waals surface area contributed by atoms with Crippen molar-refractivity contribution in [2.75, 3.05) is 13.1 Å². The summed E-state index contributed by atoms with van der Waals surface area (Å²) in [4.78, 5) is 65.5. The summed E-state index contributed by atoms with van der Waals surface area (Å²) < 4.78 is 31.8. The maximum atomic E-state index is 16.4. The van der Waals surface area contributed by atoms with E-state index in [9.17, 15) is 0 Å². The predicted octanol–water partition coefficient (Wildman–Crippen LogP) is 21.7. The molecular weight excluding hydrogens is 1010 g/mol. The lowest BCUT2D eigenvalue weighted by atomic mass is 9.80. The fourth-order valence-corrected chi connectivity index (χ4v) is 14.7. The highest BCUT2D eigenvalue weighted by molar-refractivity contribution is 7.24. The molecule has 0 aliphatic carbocycles. The summed E-state index contributed by atoms with van der Waals surface area (Å²) in [7, 11) is 0. The van der Waals surface area contributed by atoms with Crippen molar-refractivity contribution in [3.63, 3.8) is 0 Å². The molecule has 0 N–H and O–H groups in total. The van der Waals surface area contributed by atoms with Crippen molar-refractivity contribution in [3.8, 4) is 20.2 Å². The maximum absolute atomic E-state index is 16.4. The van der Waals surface area contributed by atoms with Crippen molar-refractivity contribution in [2.45, 2.75) is 273 Å². The van der Waals surface area contributed by atoms with E-state index >= 15 is 28.0 Å². The Morgan fingerprint density at radius 3 is 1.10 bits per heavy atom. The van der Waals surface area contributed by atoms with Gasteiger partial charge in [-0.1, -0.05) is 233 Å². The highest BCUT2D eigenvalue weighted by Crippen LogP contribution is 2.48. The van der Waals surface area contributed by atoms with Crippen LogP contribution in [0.2, 0.25) is 0 Å². The largest absolute Gasteiger partial charge is 0.274 e. The molecule has 0 fully saturated rings. The number of carbonyl (C=O) groups is 4. The number of imide groups is 2. The van der Waals surface area contributed by atoms with Gasteiger partial charge in [-0.3, -0.25) is 29.0 Å². The SMILES string of the molecule is CCCCCCCCCCC(CCCCCCCCCC)CN1C(=O)c2cc(-c3cc(F)c(-c4sc(C)cc4F)s3)c3c4c(cc(C)c(c24)C1=O)C(=O)N(CC(CCCCCCCCCC)CCCCCCCCCC)C3=O. The summed E-state index contributed by atoms with van der Waals surface area (Å²) in [5.41, 5.74) is 2.09. The number of rotatable bonds is 42. The number of thiophene rings is 2. The number of aryl methyl sites for hydroxylation is 2.